The van der Waals surface area contributed by atoms with Gasteiger partial charge in [-0.2, -0.15) is 0 Å². The molecule has 1 aromatic heterocycles. The van der Waals surface area contributed by atoms with E-state index >= 15 is 0 Å². The average Bonchev–Trinajstić information content (AvgIpc) is 2.07. The second-order valence-corrected chi connectivity index (χ2v) is 4.03. The van der Waals surface area contributed by atoms with Crippen LogP contribution < -0.4 is 5.32 Å². The summed E-state index contributed by atoms with van der Waals surface area (Å²) in [5, 5.41) is 3.12. The lowest BCUT2D eigenvalue weighted by Crippen LogP contribution is -2.19. The highest BCUT2D eigenvalue weighted by Gasteiger charge is 2.07. The van der Waals surface area contributed by atoms with E-state index in [4.69, 9.17) is 11.6 Å². The Kier molecular flexibility index (Phi) is 4.07. The van der Waals surface area contributed by atoms with E-state index < -0.39 is 5.82 Å². The van der Waals surface area contributed by atoms with Gasteiger partial charge in [-0.25, -0.2) is 14.4 Å². The molecule has 1 rings (SSSR count). The zero-order valence-corrected chi connectivity index (χ0v) is 8.92. The van der Waals surface area contributed by atoms with Crippen LogP contribution in [0.1, 0.15) is 20.3 Å². The molecule has 5 heteroatoms. The Morgan fingerprint density at radius 2 is 2.00 bits per heavy atom. The second-order valence-electron chi connectivity index (χ2n) is 3.29. The lowest BCUT2D eigenvalue weighted by Gasteiger charge is -2.14. The van der Waals surface area contributed by atoms with Gasteiger partial charge in [0.15, 0.2) is 5.82 Å². The number of anilines is 1. The van der Waals surface area contributed by atoms with Crippen LogP contribution in [0.15, 0.2) is 12.4 Å². The first-order chi connectivity index (χ1) is 6.58. The zero-order valence-electron chi connectivity index (χ0n) is 8.17. The fourth-order valence-electron chi connectivity index (χ4n) is 1.15. The van der Waals surface area contributed by atoms with Crippen LogP contribution in [0, 0.1) is 5.82 Å². The van der Waals surface area contributed by atoms with Crippen LogP contribution in [0.3, 0.4) is 0 Å². The lowest BCUT2D eigenvalue weighted by molar-refractivity contribution is 0.612. The van der Waals surface area contributed by atoms with E-state index in [1.54, 1.807) is 0 Å². The molecule has 0 spiro atoms. The number of nitrogens with one attached hydrogen (secondary N) is 1. The normalized spacial score (nSPS) is 14.9. The monoisotopic (exact) mass is 217 g/mol. The summed E-state index contributed by atoms with van der Waals surface area (Å²) in [7, 11) is 0. The maximum absolute atomic E-state index is 12.5. The molecule has 0 aliphatic rings. The molecule has 0 aliphatic carbocycles. The molecule has 0 amide bonds. The van der Waals surface area contributed by atoms with Gasteiger partial charge >= 0.3 is 0 Å². The van der Waals surface area contributed by atoms with E-state index in [9.17, 15) is 4.39 Å². The molecular formula is C9H13ClFN3. The molecule has 0 aliphatic heterocycles. The highest BCUT2D eigenvalue weighted by atomic mass is 35.5. The van der Waals surface area contributed by atoms with Crippen LogP contribution in [-0.2, 0) is 0 Å². The fraction of sp³-hybridized carbons (Fsp3) is 0.556. The number of aromatic nitrogens is 2. The second kappa shape index (κ2) is 5.10. The first-order valence-corrected chi connectivity index (χ1v) is 4.89. The van der Waals surface area contributed by atoms with E-state index in [0.717, 1.165) is 18.8 Å². The van der Waals surface area contributed by atoms with E-state index in [-0.39, 0.29) is 11.4 Å². The van der Waals surface area contributed by atoms with Crippen molar-refractivity contribution < 1.29 is 4.39 Å². The topological polar surface area (TPSA) is 37.8 Å². The van der Waals surface area contributed by atoms with Gasteiger partial charge in [0.25, 0.3) is 0 Å². The predicted molar refractivity (Wildman–Crippen MR) is 55.0 cm³/mol. The van der Waals surface area contributed by atoms with E-state index in [1.807, 2.05) is 13.8 Å². The van der Waals surface area contributed by atoms with Gasteiger partial charge in [-0.05, 0) is 20.3 Å². The number of nitrogens with zero attached hydrogens (tertiary/aromatic N) is 2. The summed E-state index contributed by atoms with van der Waals surface area (Å²) in [5.74, 6) is -0.00914. The minimum absolute atomic E-state index is 0.0953. The molecule has 1 aromatic rings. The SMILES string of the molecule is CC(Cl)CC(C)Nc1ncc(F)cn1. The van der Waals surface area contributed by atoms with Crippen molar-refractivity contribution in [3.05, 3.63) is 18.2 Å². The van der Waals surface area contributed by atoms with Crippen LogP contribution in [0.4, 0.5) is 10.3 Å². The highest BCUT2D eigenvalue weighted by Crippen LogP contribution is 2.08. The van der Waals surface area contributed by atoms with Crippen LogP contribution in [-0.4, -0.2) is 21.4 Å². The van der Waals surface area contributed by atoms with Gasteiger partial charge in [-0.1, -0.05) is 0 Å². The molecule has 2 unspecified atom stereocenters. The summed E-state index contributed by atoms with van der Waals surface area (Å²) in [6, 6.07) is 0.174. The van der Waals surface area contributed by atoms with Crippen LogP contribution in [0.2, 0.25) is 0 Å². The Labute approximate surface area is 87.7 Å². The van der Waals surface area contributed by atoms with Gasteiger partial charge in [0.1, 0.15) is 0 Å². The van der Waals surface area contributed by atoms with Crippen molar-refractivity contribution in [2.75, 3.05) is 5.32 Å². The van der Waals surface area contributed by atoms with E-state index in [1.165, 1.54) is 0 Å². The maximum atomic E-state index is 12.5. The molecular weight excluding hydrogens is 205 g/mol. The quantitative estimate of drug-likeness (QED) is 0.788. The van der Waals surface area contributed by atoms with Gasteiger partial charge in [0.05, 0.1) is 12.4 Å². The molecule has 0 radical (unpaired) electrons. The van der Waals surface area contributed by atoms with Gasteiger partial charge in [-0.3, -0.25) is 0 Å². The summed E-state index contributed by atoms with van der Waals surface area (Å²) in [6.45, 7) is 3.90. The smallest absolute Gasteiger partial charge is 0.222 e. The van der Waals surface area contributed by atoms with Crippen LogP contribution >= 0.6 is 11.6 Å². The van der Waals surface area contributed by atoms with Crippen molar-refractivity contribution in [3.8, 4) is 0 Å². The summed E-state index contributed by atoms with van der Waals surface area (Å²) >= 11 is 5.82. The number of hydrogen-bond donors (Lipinski definition) is 1. The molecule has 0 saturated carbocycles. The van der Waals surface area contributed by atoms with Crippen molar-refractivity contribution in [2.24, 2.45) is 0 Å². The molecule has 14 heavy (non-hydrogen) atoms. The Balaban J connectivity index is 2.47. The average molecular weight is 218 g/mol. The van der Waals surface area contributed by atoms with Crippen molar-refractivity contribution in [2.45, 2.75) is 31.7 Å². The lowest BCUT2D eigenvalue weighted by atomic mass is 10.2. The van der Waals surface area contributed by atoms with Crippen molar-refractivity contribution in [1.82, 2.24) is 9.97 Å². The number of rotatable bonds is 4. The number of hydrogen-bond acceptors (Lipinski definition) is 3. The fourth-order valence-corrected chi connectivity index (χ4v) is 1.42. The molecule has 2 atom stereocenters. The van der Waals surface area contributed by atoms with Gasteiger partial charge < -0.3 is 5.32 Å². The minimum Gasteiger partial charge on any atom is -0.352 e. The summed E-state index contributed by atoms with van der Waals surface area (Å²) in [5.41, 5.74) is 0. The van der Waals surface area contributed by atoms with Crippen molar-refractivity contribution in [3.63, 3.8) is 0 Å². The largest absolute Gasteiger partial charge is 0.352 e. The van der Waals surface area contributed by atoms with Gasteiger partial charge in [0.2, 0.25) is 5.95 Å². The molecule has 0 aromatic carbocycles. The molecule has 1 heterocycles. The van der Waals surface area contributed by atoms with Crippen molar-refractivity contribution in [1.29, 1.82) is 0 Å². The first-order valence-electron chi connectivity index (χ1n) is 4.46. The summed E-state index contributed by atoms with van der Waals surface area (Å²) in [6.07, 6.45) is 3.07. The van der Waals surface area contributed by atoms with E-state index in [0.29, 0.717) is 5.95 Å². The third-order valence-electron chi connectivity index (χ3n) is 1.67. The van der Waals surface area contributed by atoms with Crippen molar-refractivity contribution >= 4 is 17.5 Å². The molecule has 0 bridgehead atoms. The van der Waals surface area contributed by atoms with E-state index in [2.05, 4.69) is 15.3 Å². The standard InChI is InChI=1S/C9H13ClFN3/c1-6(10)3-7(2)14-9-12-4-8(11)5-13-9/h4-7H,3H2,1-2H3,(H,12,13,14). The summed E-state index contributed by atoms with van der Waals surface area (Å²) < 4.78 is 12.5. The third kappa shape index (κ3) is 3.87. The molecule has 0 saturated heterocycles. The predicted octanol–water partition coefficient (Wildman–Crippen LogP) is 2.43. The minimum atomic E-state index is -0.436. The van der Waals surface area contributed by atoms with Crippen LogP contribution in [0.5, 0.6) is 0 Å². The summed E-state index contributed by atoms with van der Waals surface area (Å²) in [4.78, 5) is 7.57. The Bertz CT molecular complexity index is 276. The zero-order chi connectivity index (χ0) is 10.6. The van der Waals surface area contributed by atoms with Gasteiger partial charge in [-0.15, -0.1) is 11.6 Å². The first kappa shape index (κ1) is 11.2. The molecule has 0 fully saturated rings. The molecule has 3 nitrogen and oxygen atoms in total. The molecule has 1 N–H and O–H groups in total. The highest BCUT2D eigenvalue weighted by molar-refractivity contribution is 6.20. The number of halogens is 2. The third-order valence-corrected chi connectivity index (χ3v) is 1.85. The number of alkyl halides is 1. The Morgan fingerprint density at radius 1 is 1.43 bits per heavy atom. The molecule has 78 valence electrons. The Morgan fingerprint density at radius 3 is 2.50 bits per heavy atom. The van der Waals surface area contributed by atoms with Crippen LogP contribution in [0.25, 0.3) is 0 Å². The van der Waals surface area contributed by atoms with Gasteiger partial charge in [0, 0.05) is 11.4 Å². The Hall–Kier alpha value is -0.900. The maximum Gasteiger partial charge on any atom is 0.222 e.